The van der Waals surface area contributed by atoms with Crippen molar-refractivity contribution in [3.05, 3.63) is 71.4 Å². The van der Waals surface area contributed by atoms with Gasteiger partial charge in [-0.15, -0.1) is 0 Å². The summed E-state index contributed by atoms with van der Waals surface area (Å²) in [5, 5.41) is 0. The van der Waals surface area contributed by atoms with Crippen LogP contribution in [0.15, 0.2) is 53.1 Å². The van der Waals surface area contributed by atoms with Crippen LogP contribution in [0.2, 0.25) is 0 Å². The van der Waals surface area contributed by atoms with E-state index in [1.54, 1.807) is 12.0 Å². The Morgan fingerprint density at radius 1 is 1.03 bits per heavy atom. The Hall–Kier alpha value is -3.56. The number of amides is 1. The zero-order valence-corrected chi connectivity index (χ0v) is 19.1. The molecule has 3 heterocycles. The summed E-state index contributed by atoms with van der Waals surface area (Å²) in [5.74, 6) is 2.65. The van der Waals surface area contributed by atoms with Crippen LogP contribution >= 0.6 is 0 Å². The number of rotatable bonds is 8. The van der Waals surface area contributed by atoms with E-state index in [1.165, 1.54) is 6.26 Å². The highest BCUT2D eigenvalue weighted by Crippen LogP contribution is 2.33. The van der Waals surface area contributed by atoms with Gasteiger partial charge in [0.15, 0.2) is 17.2 Å². The van der Waals surface area contributed by atoms with E-state index in [0.29, 0.717) is 57.5 Å². The smallest absolute Gasteiger partial charge is 0.275 e. The van der Waals surface area contributed by atoms with Crippen molar-refractivity contribution < 1.29 is 28.2 Å². The number of benzene rings is 2. The van der Waals surface area contributed by atoms with Crippen LogP contribution in [0.25, 0.3) is 0 Å². The first-order valence-electron chi connectivity index (χ1n) is 11.2. The molecule has 2 aliphatic rings. The van der Waals surface area contributed by atoms with E-state index in [0.717, 1.165) is 28.4 Å². The first kappa shape index (κ1) is 22.2. The Kier molecular flexibility index (Phi) is 6.64. The predicted octanol–water partition coefficient (Wildman–Crippen LogP) is 3.09. The number of oxazole rings is 1. The molecule has 0 saturated carbocycles. The average molecular weight is 466 g/mol. The van der Waals surface area contributed by atoms with Crippen molar-refractivity contribution in [1.82, 2.24) is 14.8 Å². The Bertz CT molecular complexity index is 1140. The van der Waals surface area contributed by atoms with E-state index in [9.17, 15) is 4.79 Å². The van der Waals surface area contributed by atoms with Gasteiger partial charge in [0.1, 0.15) is 12.0 Å². The van der Waals surface area contributed by atoms with Crippen molar-refractivity contribution in [2.75, 3.05) is 40.2 Å². The molecule has 0 aliphatic carbocycles. The lowest BCUT2D eigenvalue weighted by molar-refractivity contribution is 0.0299. The molecule has 178 valence electrons. The molecule has 1 saturated heterocycles. The number of nitrogens with zero attached hydrogens (tertiary/aromatic N) is 3. The molecular weight excluding hydrogens is 438 g/mol. The van der Waals surface area contributed by atoms with Crippen molar-refractivity contribution in [2.24, 2.45) is 0 Å². The molecule has 0 N–H and O–H groups in total. The van der Waals surface area contributed by atoms with E-state index in [-0.39, 0.29) is 12.7 Å². The summed E-state index contributed by atoms with van der Waals surface area (Å²) in [6.07, 6.45) is 1.44. The van der Waals surface area contributed by atoms with Gasteiger partial charge in [-0.2, -0.15) is 0 Å². The molecule has 1 aromatic heterocycles. The standard InChI is InChI=1S/C25H27N3O6/c1-30-20-4-2-3-18(11-20)13-27(14-19-5-6-22-23(12-19)34-17-33-22)15-24-26-21(16-32-24)25(29)28-7-9-31-10-8-28/h2-6,11-12,16H,7-10,13-15,17H2,1H3. The van der Waals surface area contributed by atoms with E-state index in [2.05, 4.69) is 16.0 Å². The second-order valence-electron chi connectivity index (χ2n) is 8.22. The van der Waals surface area contributed by atoms with Crippen LogP contribution < -0.4 is 14.2 Å². The van der Waals surface area contributed by atoms with E-state index in [1.807, 2.05) is 36.4 Å². The summed E-state index contributed by atoms with van der Waals surface area (Å²) in [4.78, 5) is 21.2. The number of carbonyl (C=O) groups excluding carboxylic acids is 1. The second-order valence-corrected chi connectivity index (χ2v) is 8.22. The molecule has 9 nitrogen and oxygen atoms in total. The molecule has 0 atom stereocenters. The van der Waals surface area contributed by atoms with Gasteiger partial charge in [-0.1, -0.05) is 18.2 Å². The fourth-order valence-corrected chi connectivity index (χ4v) is 4.10. The normalized spacial score (nSPS) is 15.1. The molecule has 2 aromatic carbocycles. The summed E-state index contributed by atoms with van der Waals surface area (Å²) in [5.41, 5.74) is 2.49. The third-order valence-electron chi connectivity index (χ3n) is 5.81. The number of aromatic nitrogens is 1. The Morgan fingerprint density at radius 3 is 2.65 bits per heavy atom. The number of hydrogen-bond acceptors (Lipinski definition) is 8. The van der Waals surface area contributed by atoms with Gasteiger partial charge >= 0.3 is 0 Å². The second kappa shape index (κ2) is 10.1. The van der Waals surface area contributed by atoms with Gasteiger partial charge in [0.25, 0.3) is 5.91 Å². The van der Waals surface area contributed by atoms with Crippen LogP contribution in [0.5, 0.6) is 17.2 Å². The highest BCUT2D eigenvalue weighted by Gasteiger charge is 2.23. The third-order valence-corrected chi connectivity index (χ3v) is 5.81. The molecular formula is C25H27N3O6. The highest BCUT2D eigenvalue weighted by molar-refractivity contribution is 5.92. The number of carbonyl (C=O) groups is 1. The summed E-state index contributed by atoms with van der Waals surface area (Å²) in [7, 11) is 1.66. The highest BCUT2D eigenvalue weighted by atomic mass is 16.7. The van der Waals surface area contributed by atoms with Gasteiger partial charge in [0.2, 0.25) is 12.7 Å². The molecule has 1 fully saturated rings. The summed E-state index contributed by atoms with van der Waals surface area (Å²) >= 11 is 0. The van der Waals surface area contributed by atoms with Crippen molar-refractivity contribution in [3.63, 3.8) is 0 Å². The maximum Gasteiger partial charge on any atom is 0.275 e. The molecule has 9 heteroatoms. The maximum absolute atomic E-state index is 12.8. The first-order valence-corrected chi connectivity index (χ1v) is 11.2. The van der Waals surface area contributed by atoms with Gasteiger partial charge < -0.3 is 28.3 Å². The number of methoxy groups -OCH3 is 1. The number of morpholine rings is 1. The zero-order valence-electron chi connectivity index (χ0n) is 19.1. The third kappa shape index (κ3) is 5.16. The minimum absolute atomic E-state index is 0.131. The lowest BCUT2D eigenvalue weighted by atomic mass is 10.1. The molecule has 0 bridgehead atoms. The Labute approximate surface area is 197 Å². The van der Waals surface area contributed by atoms with Gasteiger partial charge in [-0.25, -0.2) is 4.98 Å². The quantitative estimate of drug-likeness (QED) is 0.502. The van der Waals surface area contributed by atoms with Gasteiger partial charge in [0, 0.05) is 26.2 Å². The zero-order chi connectivity index (χ0) is 23.3. The van der Waals surface area contributed by atoms with Crippen molar-refractivity contribution in [3.8, 4) is 17.2 Å². The molecule has 3 aromatic rings. The van der Waals surface area contributed by atoms with Crippen LogP contribution in [0.4, 0.5) is 0 Å². The van der Waals surface area contributed by atoms with E-state index in [4.69, 9.17) is 23.4 Å². The van der Waals surface area contributed by atoms with Gasteiger partial charge in [-0.05, 0) is 35.4 Å². The molecule has 34 heavy (non-hydrogen) atoms. The molecule has 2 aliphatic heterocycles. The van der Waals surface area contributed by atoms with Crippen LogP contribution in [0.1, 0.15) is 27.5 Å². The fraction of sp³-hybridized carbons (Fsp3) is 0.360. The molecule has 5 rings (SSSR count). The summed E-state index contributed by atoms with van der Waals surface area (Å²) in [6.45, 7) is 4.15. The summed E-state index contributed by atoms with van der Waals surface area (Å²) < 4.78 is 27.4. The SMILES string of the molecule is COc1cccc(CN(Cc2ccc3c(c2)OCO3)Cc2nc(C(=O)N3CCOCC3)co2)c1. The molecule has 0 radical (unpaired) electrons. The number of hydrogen-bond donors (Lipinski definition) is 0. The van der Waals surface area contributed by atoms with Crippen molar-refractivity contribution >= 4 is 5.91 Å². The van der Waals surface area contributed by atoms with E-state index >= 15 is 0 Å². The monoisotopic (exact) mass is 465 g/mol. The topological polar surface area (TPSA) is 86.5 Å². The van der Waals surface area contributed by atoms with Crippen LogP contribution in [0, 0.1) is 0 Å². The Balaban J connectivity index is 1.33. The van der Waals surface area contributed by atoms with Crippen LogP contribution in [-0.4, -0.2) is 60.9 Å². The molecule has 1 amide bonds. The Morgan fingerprint density at radius 2 is 1.82 bits per heavy atom. The lowest BCUT2D eigenvalue weighted by Crippen LogP contribution is -2.40. The van der Waals surface area contributed by atoms with Crippen LogP contribution in [0.3, 0.4) is 0 Å². The minimum atomic E-state index is -0.131. The maximum atomic E-state index is 12.8. The van der Waals surface area contributed by atoms with Gasteiger partial charge in [-0.3, -0.25) is 9.69 Å². The van der Waals surface area contributed by atoms with Crippen molar-refractivity contribution in [1.29, 1.82) is 0 Å². The largest absolute Gasteiger partial charge is 0.497 e. The molecule has 0 unspecified atom stereocenters. The molecule has 0 spiro atoms. The average Bonchev–Trinajstić information content (AvgIpc) is 3.53. The van der Waals surface area contributed by atoms with Gasteiger partial charge in [0.05, 0.1) is 26.9 Å². The predicted molar refractivity (Wildman–Crippen MR) is 122 cm³/mol. The van der Waals surface area contributed by atoms with Crippen LogP contribution in [-0.2, 0) is 24.4 Å². The van der Waals surface area contributed by atoms with Crippen molar-refractivity contribution in [2.45, 2.75) is 19.6 Å². The number of ether oxygens (including phenoxy) is 4. The minimum Gasteiger partial charge on any atom is -0.497 e. The first-order chi connectivity index (χ1) is 16.7. The fourth-order valence-electron chi connectivity index (χ4n) is 4.10. The lowest BCUT2D eigenvalue weighted by Gasteiger charge is -2.25. The summed E-state index contributed by atoms with van der Waals surface area (Å²) in [6, 6.07) is 13.9. The van der Waals surface area contributed by atoms with E-state index < -0.39 is 0 Å². The number of fused-ring (bicyclic) bond motifs is 1.